The molecule has 3 fully saturated rings. The van der Waals surface area contributed by atoms with Gasteiger partial charge in [0, 0.05) is 38.3 Å². The lowest BCUT2D eigenvalue weighted by molar-refractivity contribution is -0.117. The summed E-state index contributed by atoms with van der Waals surface area (Å²) < 4.78 is 7.46. The highest BCUT2D eigenvalue weighted by molar-refractivity contribution is 5.91. The number of carbonyl (C=O) groups is 1. The Labute approximate surface area is 155 Å². The Balaban J connectivity index is 1.24. The Morgan fingerprint density at radius 2 is 1.81 bits per heavy atom. The molecule has 2 aliphatic heterocycles. The van der Waals surface area contributed by atoms with Gasteiger partial charge in [-0.15, -0.1) is 0 Å². The van der Waals surface area contributed by atoms with Crippen LogP contribution in [0.15, 0.2) is 12.3 Å². The van der Waals surface area contributed by atoms with Crippen molar-refractivity contribution in [2.45, 2.75) is 50.6 Å². The van der Waals surface area contributed by atoms with Gasteiger partial charge in [-0.25, -0.2) is 4.68 Å². The number of nitrogens with zero attached hydrogens (tertiary/aromatic N) is 4. The summed E-state index contributed by atoms with van der Waals surface area (Å²) in [5.74, 6) is 0.930. The average molecular weight is 361 g/mol. The Hall–Kier alpha value is -1.44. The maximum Gasteiger partial charge on any atom is 0.239 e. The zero-order chi connectivity index (χ0) is 17.8. The molecule has 7 nitrogen and oxygen atoms in total. The summed E-state index contributed by atoms with van der Waals surface area (Å²) >= 11 is 0. The van der Waals surface area contributed by atoms with Crippen LogP contribution in [-0.4, -0.2) is 77.5 Å². The van der Waals surface area contributed by atoms with E-state index in [-0.39, 0.29) is 5.91 Å². The third kappa shape index (κ3) is 4.27. The van der Waals surface area contributed by atoms with E-state index >= 15 is 0 Å². The lowest BCUT2D eigenvalue weighted by Crippen LogP contribution is -2.50. The molecule has 26 heavy (non-hydrogen) atoms. The molecule has 2 saturated heterocycles. The second-order valence-corrected chi connectivity index (χ2v) is 7.80. The van der Waals surface area contributed by atoms with Crippen LogP contribution in [0.3, 0.4) is 0 Å². The lowest BCUT2D eigenvalue weighted by Gasteiger charge is -2.39. The molecule has 1 aromatic rings. The molecule has 7 heteroatoms. The highest BCUT2D eigenvalue weighted by atomic mass is 16.5. The van der Waals surface area contributed by atoms with Crippen molar-refractivity contribution in [3.63, 3.8) is 0 Å². The summed E-state index contributed by atoms with van der Waals surface area (Å²) in [6.07, 6.45) is 8.94. The fourth-order valence-electron chi connectivity index (χ4n) is 4.62. The predicted molar refractivity (Wildman–Crippen MR) is 100 cm³/mol. The normalized spacial score (nSPS) is 24.2. The summed E-state index contributed by atoms with van der Waals surface area (Å²) in [7, 11) is 0. The van der Waals surface area contributed by atoms with Crippen molar-refractivity contribution in [2.24, 2.45) is 0 Å². The van der Waals surface area contributed by atoms with Gasteiger partial charge in [-0.05, 0) is 25.7 Å². The molecule has 0 spiro atoms. The number of anilines is 1. The predicted octanol–water partition coefficient (Wildman–Crippen LogP) is 1.73. The molecule has 3 heterocycles. The van der Waals surface area contributed by atoms with Gasteiger partial charge in [0.1, 0.15) is 5.82 Å². The highest BCUT2D eigenvalue weighted by Gasteiger charge is 2.27. The van der Waals surface area contributed by atoms with Crippen molar-refractivity contribution < 1.29 is 9.53 Å². The van der Waals surface area contributed by atoms with Gasteiger partial charge in [0.2, 0.25) is 5.91 Å². The van der Waals surface area contributed by atoms with Gasteiger partial charge in [-0.1, -0.05) is 12.8 Å². The van der Waals surface area contributed by atoms with Crippen molar-refractivity contribution in [3.05, 3.63) is 12.3 Å². The molecule has 1 N–H and O–H groups in total. The summed E-state index contributed by atoms with van der Waals surface area (Å²) in [5, 5.41) is 7.51. The summed E-state index contributed by atoms with van der Waals surface area (Å²) in [6, 6.07) is 3.02. The van der Waals surface area contributed by atoms with Gasteiger partial charge in [-0.2, -0.15) is 5.10 Å². The highest BCUT2D eigenvalue weighted by Crippen LogP contribution is 2.31. The molecule has 1 aliphatic carbocycles. The number of ether oxygens (including phenoxy) is 1. The minimum atomic E-state index is 0.0783. The van der Waals surface area contributed by atoms with E-state index in [2.05, 4.69) is 20.2 Å². The molecule has 0 unspecified atom stereocenters. The molecule has 1 amide bonds. The van der Waals surface area contributed by atoms with Gasteiger partial charge in [0.15, 0.2) is 0 Å². The fourth-order valence-corrected chi connectivity index (χ4v) is 4.62. The van der Waals surface area contributed by atoms with E-state index in [4.69, 9.17) is 4.74 Å². The third-order valence-electron chi connectivity index (χ3n) is 6.09. The molecule has 1 aromatic heterocycles. The van der Waals surface area contributed by atoms with Crippen LogP contribution >= 0.6 is 0 Å². The van der Waals surface area contributed by atoms with Gasteiger partial charge in [0.25, 0.3) is 0 Å². The first-order valence-electron chi connectivity index (χ1n) is 10.2. The van der Waals surface area contributed by atoms with Crippen LogP contribution in [-0.2, 0) is 9.53 Å². The van der Waals surface area contributed by atoms with Crippen molar-refractivity contribution in [3.8, 4) is 0 Å². The lowest BCUT2D eigenvalue weighted by atomic mass is 10.0. The van der Waals surface area contributed by atoms with Gasteiger partial charge >= 0.3 is 0 Å². The monoisotopic (exact) mass is 361 g/mol. The van der Waals surface area contributed by atoms with E-state index in [1.807, 2.05) is 10.7 Å². The van der Waals surface area contributed by atoms with E-state index in [0.29, 0.717) is 18.6 Å². The number of piperidine rings is 1. The molecule has 0 atom stereocenters. The Morgan fingerprint density at radius 1 is 1.08 bits per heavy atom. The summed E-state index contributed by atoms with van der Waals surface area (Å²) in [4.78, 5) is 17.3. The Morgan fingerprint density at radius 3 is 2.54 bits per heavy atom. The van der Waals surface area contributed by atoms with Crippen LogP contribution in [0.2, 0.25) is 0 Å². The quantitative estimate of drug-likeness (QED) is 0.865. The number of morpholine rings is 1. The van der Waals surface area contributed by atoms with Gasteiger partial charge in [0.05, 0.1) is 32.0 Å². The van der Waals surface area contributed by atoms with Crippen LogP contribution in [0.1, 0.15) is 44.6 Å². The maximum atomic E-state index is 12.5. The second-order valence-electron chi connectivity index (χ2n) is 7.80. The first kappa shape index (κ1) is 17.9. The number of carbonyl (C=O) groups excluding carboxylic acids is 1. The Kier molecular flexibility index (Phi) is 5.87. The SMILES string of the molecule is O=C(CN1CCC(N2CCOCC2)CC1)Nc1ccnn1C1CCCC1. The number of nitrogens with one attached hydrogen (secondary N) is 1. The minimum absolute atomic E-state index is 0.0783. The molecule has 144 valence electrons. The fraction of sp³-hybridized carbons (Fsp3) is 0.789. The van der Waals surface area contributed by atoms with Crippen molar-refractivity contribution in [1.29, 1.82) is 0 Å². The minimum Gasteiger partial charge on any atom is -0.379 e. The van der Waals surface area contributed by atoms with Crippen LogP contribution in [0.4, 0.5) is 5.82 Å². The molecule has 4 rings (SSSR count). The van der Waals surface area contributed by atoms with Crippen LogP contribution < -0.4 is 5.32 Å². The number of amides is 1. The van der Waals surface area contributed by atoms with Crippen LogP contribution in [0.25, 0.3) is 0 Å². The molecular formula is C19H31N5O2. The first-order valence-corrected chi connectivity index (χ1v) is 10.2. The van der Waals surface area contributed by atoms with Crippen molar-refractivity contribution >= 4 is 11.7 Å². The zero-order valence-electron chi connectivity index (χ0n) is 15.6. The smallest absolute Gasteiger partial charge is 0.239 e. The van der Waals surface area contributed by atoms with Crippen molar-refractivity contribution in [2.75, 3.05) is 51.3 Å². The third-order valence-corrected chi connectivity index (χ3v) is 6.09. The zero-order valence-corrected chi connectivity index (χ0v) is 15.6. The molecule has 0 bridgehead atoms. The molecule has 1 saturated carbocycles. The molecule has 0 aromatic carbocycles. The largest absolute Gasteiger partial charge is 0.379 e. The van der Waals surface area contributed by atoms with Gasteiger partial charge in [-0.3, -0.25) is 14.6 Å². The van der Waals surface area contributed by atoms with Crippen LogP contribution in [0.5, 0.6) is 0 Å². The number of likely N-dealkylation sites (tertiary alicyclic amines) is 1. The molecular weight excluding hydrogens is 330 g/mol. The number of hydrogen-bond acceptors (Lipinski definition) is 5. The van der Waals surface area contributed by atoms with Crippen molar-refractivity contribution in [1.82, 2.24) is 19.6 Å². The maximum absolute atomic E-state index is 12.5. The number of aromatic nitrogens is 2. The summed E-state index contributed by atoms with van der Waals surface area (Å²) in [5.41, 5.74) is 0. The standard InChI is InChI=1S/C19H31N5O2/c25-19(21-18-5-8-20-24(18)17-3-1-2-4-17)15-22-9-6-16(7-10-22)23-11-13-26-14-12-23/h5,8,16-17H,1-4,6-7,9-15H2,(H,21,25). The van der Waals surface area contributed by atoms with Gasteiger partial charge < -0.3 is 10.1 Å². The molecule has 3 aliphatic rings. The first-order chi connectivity index (χ1) is 12.8. The number of rotatable bonds is 5. The molecule has 0 radical (unpaired) electrons. The second kappa shape index (κ2) is 8.50. The van der Waals surface area contributed by atoms with E-state index in [1.165, 1.54) is 25.7 Å². The van der Waals surface area contributed by atoms with E-state index < -0.39 is 0 Å². The average Bonchev–Trinajstić information content (AvgIpc) is 3.34. The summed E-state index contributed by atoms with van der Waals surface area (Å²) in [6.45, 7) is 6.29. The number of hydrogen-bond donors (Lipinski definition) is 1. The van der Waals surface area contributed by atoms with Crippen LogP contribution in [0, 0.1) is 0 Å². The van der Waals surface area contributed by atoms with E-state index in [9.17, 15) is 4.79 Å². The topological polar surface area (TPSA) is 62.6 Å². The van der Waals surface area contributed by atoms with E-state index in [1.54, 1.807) is 6.20 Å². The Bertz CT molecular complexity index is 585. The van der Waals surface area contributed by atoms with E-state index in [0.717, 1.165) is 58.1 Å².